The van der Waals surface area contributed by atoms with Gasteiger partial charge in [0.1, 0.15) is 5.69 Å². The standard InChI is InChI=1S/C13H23N5O2/c1-4-18(5-2)12(19)9-16(3)13(20)11-8-17(7-6-14)10-15-11/h8,10H,4-7,9,14H2,1-3H3. The van der Waals surface area contributed by atoms with E-state index in [1.165, 1.54) is 4.90 Å². The van der Waals surface area contributed by atoms with Crippen LogP contribution in [0.4, 0.5) is 0 Å². The highest BCUT2D eigenvalue weighted by Gasteiger charge is 2.19. The topological polar surface area (TPSA) is 84.5 Å². The number of carbonyl (C=O) groups is 2. The molecule has 0 unspecified atom stereocenters. The SMILES string of the molecule is CCN(CC)C(=O)CN(C)C(=O)c1cn(CCN)cn1. The van der Waals surface area contributed by atoms with Crippen LogP contribution < -0.4 is 5.73 Å². The molecule has 112 valence electrons. The van der Waals surface area contributed by atoms with Gasteiger partial charge in [-0.2, -0.15) is 0 Å². The number of carbonyl (C=O) groups excluding carboxylic acids is 2. The summed E-state index contributed by atoms with van der Waals surface area (Å²) in [4.78, 5) is 31.2. The zero-order valence-corrected chi connectivity index (χ0v) is 12.4. The van der Waals surface area contributed by atoms with Crippen molar-refractivity contribution < 1.29 is 9.59 Å². The zero-order chi connectivity index (χ0) is 15.1. The Kier molecular flexibility index (Phi) is 6.17. The molecule has 0 aliphatic rings. The Bertz CT molecular complexity index is 453. The van der Waals surface area contributed by atoms with Crippen molar-refractivity contribution in [1.29, 1.82) is 0 Å². The fourth-order valence-electron chi connectivity index (χ4n) is 1.89. The van der Waals surface area contributed by atoms with Gasteiger partial charge in [-0.15, -0.1) is 0 Å². The van der Waals surface area contributed by atoms with Crippen molar-refractivity contribution in [1.82, 2.24) is 19.4 Å². The van der Waals surface area contributed by atoms with Crippen molar-refractivity contribution in [3.8, 4) is 0 Å². The van der Waals surface area contributed by atoms with Crippen molar-refractivity contribution in [3.63, 3.8) is 0 Å². The lowest BCUT2D eigenvalue weighted by atomic mass is 10.3. The van der Waals surface area contributed by atoms with Gasteiger partial charge in [0, 0.05) is 39.4 Å². The van der Waals surface area contributed by atoms with Gasteiger partial charge < -0.3 is 20.1 Å². The third-order valence-corrected chi connectivity index (χ3v) is 3.07. The minimum Gasteiger partial charge on any atom is -0.342 e. The highest BCUT2D eigenvalue weighted by atomic mass is 16.2. The second-order valence-corrected chi connectivity index (χ2v) is 4.51. The summed E-state index contributed by atoms with van der Waals surface area (Å²) in [6, 6.07) is 0. The Balaban J connectivity index is 2.64. The quantitative estimate of drug-likeness (QED) is 0.749. The van der Waals surface area contributed by atoms with Gasteiger partial charge >= 0.3 is 0 Å². The molecule has 0 bridgehead atoms. The molecule has 1 heterocycles. The molecule has 1 aromatic rings. The van der Waals surface area contributed by atoms with E-state index in [4.69, 9.17) is 5.73 Å². The minimum absolute atomic E-state index is 0.0598. The number of imidazole rings is 1. The minimum atomic E-state index is -0.263. The third-order valence-electron chi connectivity index (χ3n) is 3.07. The van der Waals surface area contributed by atoms with Crippen LogP contribution in [0.5, 0.6) is 0 Å². The van der Waals surface area contributed by atoms with Crippen molar-refractivity contribution in [2.24, 2.45) is 5.73 Å². The summed E-state index contributed by atoms with van der Waals surface area (Å²) in [5.74, 6) is -0.325. The maximum atomic E-state index is 12.1. The average molecular weight is 281 g/mol. The zero-order valence-electron chi connectivity index (χ0n) is 12.4. The van der Waals surface area contributed by atoms with Crippen LogP contribution in [0.25, 0.3) is 0 Å². The van der Waals surface area contributed by atoms with E-state index in [1.807, 2.05) is 13.8 Å². The van der Waals surface area contributed by atoms with E-state index in [1.54, 1.807) is 29.0 Å². The molecule has 2 N–H and O–H groups in total. The summed E-state index contributed by atoms with van der Waals surface area (Å²) < 4.78 is 1.76. The Hall–Kier alpha value is -1.89. The van der Waals surface area contributed by atoms with Gasteiger partial charge in [-0.1, -0.05) is 0 Å². The van der Waals surface area contributed by atoms with Crippen molar-refractivity contribution >= 4 is 11.8 Å². The number of amides is 2. The molecule has 0 saturated carbocycles. The number of hydrogen-bond acceptors (Lipinski definition) is 4. The molecule has 0 spiro atoms. The van der Waals surface area contributed by atoms with E-state index in [0.717, 1.165) is 0 Å². The van der Waals surface area contributed by atoms with Crippen LogP contribution in [0.2, 0.25) is 0 Å². The molecule has 0 fully saturated rings. The van der Waals surface area contributed by atoms with Crippen LogP contribution in [0.15, 0.2) is 12.5 Å². The van der Waals surface area contributed by atoms with E-state index < -0.39 is 0 Å². The maximum absolute atomic E-state index is 12.1. The summed E-state index contributed by atoms with van der Waals surface area (Å²) in [5, 5.41) is 0. The number of rotatable bonds is 7. The number of aromatic nitrogens is 2. The monoisotopic (exact) mass is 281 g/mol. The van der Waals surface area contributed by atoms with Crippen LogP contribution in [0.1, 0.15) is 24.3 Å². The van der Waals surface area contributed by atoms with Gasteiger partial charge in [-0.05, 0) is 13.8 Å². The third kappa shape index (κ3) is 4.06. The molecule has 0 aliphatic heterocycles. The second-order valence-electron chi connectivity index (χ2n) is 4.51. The summed E-state index contributed by atoms with van der Waals surface area (Å²) in [6.07, 6.45) is 3.22. The maximum Gasteiger partial charge on any atom is 0.274 e. The fraction of sp³-hybridized carbons (Fsp3) is 0.615. The van der Waals surface area contributed by atoms with Gasteiger partial charge in [0.25, 0.3) is 5.91 Å². The van der Waals surface area contributed by atoms with Crippen molar-refractivity contribution in [2.45, 2.75) is 20.4 Å². The molecule has 0 aromatic carbocycles. The van der Waals surface area contributed by atoms with Crippen LogP contribution in [-0.4, -0.2) is 64.4 Å². The molecule has 20 heavy (non-hydrogen) atoms. The predicted octanol–water partition coefficient (Wildman–Crippen LogP) is -0.218. The van der Waals surface area contributed by atoms with E-state index in [9.17, 15) is 9.59 Å². The second kappa shape index (κ2) is 7.64. The number of likely N-dealkylation sites (N-methyl/N-ethyl adjacent to an activating group) is 2. The first-order valence-corrected chi connectivity index (χ1v) is 6.78. The van der Waals surface area contributed by atoms with Gasteiger partial charge in [0.15, 0.2) is 0 Å². The Morgan fingerprint density at radius 3 is 2.55 bits per heavy atom. The Labute approximate surface area is 119 Å². The van der Waals surface area contributed by atoms with Crippen LogP contribution in [0.3, 0.4) is 0 Å². The molecule has 2 amide bonds. The van der Waals surface area contributed by atoms with E-state index in [0.29, 0.717) is 31.9 Å². The van der Waals surface area contributed by atoms with Crippen LogP contribution in [0, 0.1) is 0 Å². The van der Waals surface area contributed by atoms with Crippen LogP contribution >= 0.6 is 0 Å². The molecule has 1 aromatic heterocycles. The van der Waals surface area contributed by atoms with E-state index >= 15 is 0 Å². The molecule has 0 aliphatic carbocycles. The summed E-state index contributed by atoms with van der Waals surface area (Å²) in [7, 11) is 1.60. The Morgan fingerprint density at radius 1 is 1.35 bits per heavy atom. The average Bonchev–Trinajstić information content (AvgIpc) is 2.88. The van der Waals surface area contributed by atoms with Crippen molar-refractivity contribution in [2.75, 3.05) is 33.2 Å². The van der Waals surface area contributed by atoms with Gasteiger partial charge in [-0.3, -0.25) is 9.59 Å². The number of nitrogens with two attached hydrogens (primary N) is 1. The number of nitrogens with zero attached hydrogens (tertiary/aromatic N) is 4. The molecule has 0 saturated heterocycles. The Morgan fingerprint density at radius 2 is 2.00 bits per heavy atom. The van der Waals surface area contributed by atoms with E-state index in [2.05, 4.69) is 4.98 Å². The van der Waals surface area contributed by atoms with E-state index in [-0.39, 0.29) is 18.4 Å². The first-order valence-electron chi connectivity index (χ1n) is 6.78. The molecule has 0 radical (unpaired) electrons. The van der Waals surface area contributed by atoms with Gasteiger partial charge in [0.05, 0.1) is 12.9 Å². The lowest BCUT2D eigenvalue weighted by molar-refractivity contribution is -0.131. The highest BCUT2D eigenvalue weighted by molar-refractivity contribution is 5.94. The van der Waals surface area contributed by atoms with Gasteiger partial charge in [-0.25, -0.2) is 4.98 Å². The predicted molar refractivity (Wildman–Crippen MR) is 76.2 cm³/mol. The number of hydrogen-bond donors (Lipinski definition) is 1. The van der Waals surface area contributed by atoms with Crippen molar-refractivity contribution in [3.05, 3.63) is 18.2 Å². The van der Waals surface area contributed by atoms with Gasteiger partial charge in [0.2, 0.25) is 5.91 Å². The van der Waals surface area contributed by atoms with Crippen LogP contribution in [-0.2, 0) is 11.3 Å². The lowest BCUT2D eigenvalue weighted by Gasteiger charge is -2.22. The normalized spacial score (nSPS) is 10.4. The highest BCUT2D eigenvalue weighted by Crippen LogP contribution is 2.02. The molecule has 7 nitrogen and oxygen atoms in total. The molecular formula is C13H23N5O2. The summed E-state index contributed by atoms with van der Waals surface area (Å²) >= 11 is 0. The largest absolute Gasteiger partial charge is 0.342 e. The smallest absolute Gasteiger partial charge is 0.274 e. The summed E-state index contributed by atoms with van der Waals surface area (Å²) in [6.45, 7) is 6.27. The molecular weight excluding hydrogens is 258 g/mol. The fourth-order valence-corrected chi connectivity index (χ4v) is 1.89. The molecule has 0 atom stereocenters. The molecule has 7 heteroatoms. The summed E-state index contributed by atoms with van der Waals surface area (Å²) in [5.41, 5.74) is 5.77. The lowest BCUT2D eigenvalue weighted by Crippen LogP contribution is -2.41. The first kappa shape index (κ1) is 16.2. The first-order chi connectivity index (χ1) is 9.53. The molecule has 1 rings (SSSR count).